The molecule has 0 bridgehead atoms. The van der Waals surface area contributed by atoms with Crippen LogP contribution in [0.5, 0.6) is 0 Å². The van der Waals surface area contributed by atoms with E-state index in [1.807, 2.05) is 35.2 Å². The van der Waals surface area contributed by atoms with Crippen molar-refractivity contribution in [1.29, 1.82) is 0 Å². The van der Waals surface area contributed by atoms with Crippen LogP contribution in [0.4, 0.5) is 0 Å². The Bertz CT molecular complexity index is 392. The van der Waals surface area contributed by atoms with Crippen molar-refractivity contribution in [2.45, 2.75) is 25.4 Å². The van der Waals surface area contributed by atoms with E-state index in [4.69, 9.17) is 5.11 Å². The van der Waals surface area contributed by atoms with Gasteiger partial charge in [0, 0.05) is 19.7 Å². The number of benzene rings is 1. The molecule has 2 atom stereocenters. The summed E-state index contributed by atoms with van der Waals surface area (Å²) < 4.78 is 0. The summed E-state index contributed by atoms with van der Waals surface area (Å²) in [6, 6.07) is 9.89. The smallest absolute Gasteiger partial charge is 0.240 e. The number of hydrogen-bond acceptors (Lipinski definition) is 3. The number of nitrogens with zero attached hydrogens (tertiary/aromatic N) is 1. The molecular formula is C14H20N2O2. The molecule has 1 saturated heterocycles. The molecule has 0 radical (unpaired) electrons. The fourth-order valence-corrected chi connectivity index (χ4v) is 2.41. The lowest BCUT2D eigenvalue weighted by molar-refractivity contribution is -0.138. The molecule has 2 rings (SSSR count). The quantitative estimate of drug-likeness (QED) is 0.833. The summed E-state index contributed by atoms with van der Waals surface area (Å²) in [5, 5.41) is 12.1. The van der Waals surface area contributed by atoms with Gasteiger partial charge >= 0.3 is 0 Å². The number of carbonyl (C=O) groups excluding carboxylic acids is 1. The number of aliphatic hydroxyl groups is 1. The number of carbonyl (C=O) groups is 1. The molecule has 0 aromatic heterocycles. The van der Waals surface area contributed by atoms with Crippen molar-refractivity contribution in [2.24, 2.45) is 0 Å². The summed E-state index contributed by atoms with van der Waals surface area (Å²) in [6.07, 6.45) is 0.483. The number of amides is 1. The van der Waals surface area contributed by atoms with Crippen LogP contribution in [-0.2, 0) is 4.79 Å². The van der Waals surface area contributed by atoms with Crippen LogP contribution in [0.25, 0.3) is 0 Å². The molecule has 1 aromatic carbocycles. The molecule has 1 amide bonds. The van der Waals surface area contributed by atoms with Gasteiger partial charge in [0.05, 0.1) is 12.1 Å². The zero-order valence-corrected chi connectivity index (χ0v) is 10.7. The standard InChI is InChI=1S/C14H20N2O2/c1-11(12-5-3-2-4-6-12)16-9-8-15-13(7-10-17)14(16)18/h2-6,11,13,15,17H,7-10H2,1H3. The zero-order valence-electron chi connectivity index (χ0n) is 10.7. The van der Waals surface area contributed by atoms with Crippen molar-refractivity contribution in [2.75, 3.05) is 19.7 Å². The molecule has 0 spiro atoms. The molecule has 0 aliphatic carbocycles. The zero-order chi connectivity index (χ0) is 13.0. The SMILES string of the molecule is CC(c1ccccc1)N1CCNC(CCO)C1=O. The molecule has 18 heavy (non-hydrogen) atoms. The van der Waals surface area contributed by atoms with E-state index >= 15 is 0 Å². The topological polar surface area (TPSA) is 52.6 Å². The molecule has 4 heteroatoms. The first-order valence-electron chi connectivity index (χ1n) is 6.43. The number of piperazine rings is 1. The third-order valence-electron chi connectivity index (χ3n) is 3.49. The molecule has 1 aliphatic heterocycles. The van der Waals surface area contributed by atoms with E-state index in [9.17, 15) is 4.79 Å². The molecule has 0 saturated carbocycles. The maximum atomic E-state index is 12.3. The maximum absolute atomic E-state index is 12.3. The third-order valence-corrected chi connectivity index (χ3v) is 3.49. The van der Waals surface area contributed by atoms with Gasteiger partial charge in [0.2, 0.25) is 5.91 Å². The van der Waals surface area contributed by atoms with Crippen molar-refractivity contribution in [3.63, 3.8) is 0 Å². The Balaban J connectivity index is 2.10. The summed E-state index contributed by atoms with van der Waals surface area (Å²) in [7, 11) is 0. The highest BCUT2D eigenvalue weighted by Crippen LogP contribution is 2.22. The molecule has 1 fully saturated rings. The van der Waals surface area contributed by atoms with Crippen molar-refractivity contribution in [3.8, 4) is 0 Å². The predicted octanol–water partition coefficient (Wildman–Crippen LogP) is 0.930. The van der Waals surface area contributed by atoms with Crippen LogP contribution in [-0.4, -0.2) is 41.7 Å². The highest BCUT2D eigenvalue weighted by atomic mass is 16.3. The van der Waals surface area contributed by atoms with E-state index in [0.29, 0.717) is 6.42 Å². The Labute approximate surface area is 108 Å². The fourth-order valence-electron chi connectivity index (χ4n) is 2.41. The largest absolute Gasteiger partial charge is 0.396 e. The molecule has 1 aromatic rings. The number of aliphatic hydroxyl groups excluding tert-OH is 1. The first kappa shape index (κ1) is 13.1. The fraction of sp³-hybridized carbons (Fsp3) is 0.500. The Kier molecular flexibility index (Phi) is 4.33. The minimum Gasteiger partial charge on any atom is -0.396 e. The van der Waals surface area contributed by atoms with E-state index < -0.39 is 0 Å². The average Bonchev–Trinajstić information content (AvgIpc) is 2.42. The van der Waals surface area contributed by atoms with Crippen LogP contribution >= 0.6 is 0 Å². The monoisotopic (exact) mass is 248 g/mol. The molecule has 1 heterocycles. The summed E-state index contributed by atoms with van der Waals surface area (Å²) in [6.45, 7) is 3.59. The summed E-state index contributed by atoms with van der Waals surface area (Å²) in [5.74, 6) is 0.0895. The summed E-state index contributed by atoms with van der Waals surface area (Å²) >= 11 is 0. The van der Waals surface area contributed by atoms with Gasteiger partial charge in [-0.25, -0.2) is 0 Å². The lowest BCUT2D eigenvalue weighted by Gasteiger charge is -2.37. The Hall–Kier alpha value is -1.39. The molecule has 1 aliphatic rings. The Morgan fingerprint density at radius 1 is 1.44 bits per heavy atom. The van der Waals surface area contributed by atoms with E-state index in [2.05, 4.69) is 12.2 Å². The predicted molar refractivity (Wildman–Crippen MR) is 70.1 cm³/mol. The number of rotatable bonds is 4. The van der Waals surface area contributed by atoms with E-state index in [1.54, 1.807) is 0 Å². The van der Waals surface area contributed by atoms with Crippen molar-refractivity contribution in [1.82, 2.24) is 10.2 Å². The van der Waals surface area contributed by atoms with Gasteiger partial charge in [-0.3, -0.25) is 4.79 Å². The molecule has 4 nitrogen and oxygen atoms in total. The summed E-state index contributed by atoms with van der Waals surface area (Å²) in [5.41, 5.74) is 1.15. The van der Waals surface area contributed by atoms with Crippen LogP contribution in [0.15, 0.2) is 30.3 Å². The lowest BCUT2D eigenvalue weighted by atomic mass is 10.0. The third kappa shape index (κ3) is 2.71. The lowest BCUT2D eigenvalue weighted by Crippen LogP contribution is -2.55. The molecular weight excluding hydrogens is 228 g/mol. The Morgan fingerprint density at radius 2 is 2.17 bits per heavy atom. The van der Waals surface area contributed by atoms with Crippen LogP contribution < -0.4 is 5.32 Å². The second kappa shape index (κ2) is 5.98. The van der Waals surface area contributed by atoms with Gasteiger partial charge in [0.15, 0.2) is 0 Å². The van der Waals surface area contributed by atoms with Gasteiger partial charge < -0.3 is 15.3 Å². The average molecular weight is 248 g/mol. The highest BCUT2D eigenvalue weighted by Gasteiger charge is 2.31. The van der Waals surface area contributed by atoms with Gasteiger partial charge in [-0.15, -0.1) is 0 Å². The molecule has 2 unspecified atom stereocenters. The first-order valence-corrected chi connectivity index (χ1v) is 6.43. The van der Waals surface area contributed by atoms with E-state index in [1.165, 1.54) is 0 Å². The van der Waals surface area contributed by atoms with Crippen LogP contribution in [0, 0.1) is 0 Å². The molecule has 98 valence electrons. The second-order valence-corrected chi connectivity index (χ2v) is 4.64. The minimum atomic E-state index is -0.241. The van der Waals surface area contributed by atoms with Crippen molar-refractivity contribution < 1.29 is 9.90 Å². The highest BCUT2D eigenvalue weighted by molar-refractivity contribution is 5.83. The number of nitrogens with one attached hydrogen (secondary N) is 1. The van der Waals surface area contributed by atoms with Crippen molar-refractivity contribution >= 4 is 5.91 Å². The van der Waals surface area contributed by atoms with Gasteiger partial charge in [-0.05, 0) is 18.9 Å². The van der Waals surface area contributed by atoms with Crippen LogP contribution in [0.1, 0.15) is 24.9 Å². The first-order chi connectivity index (χ1) is 8.74. The van der Waals surface area contributed by atoms with E-state index in [0.717, 1.165) is 18.7 Å². The van der Waals surface area contributed by atoms with E-state index in [-0.39, 0.29) is 24.6 Å². The minimum absolute atomic E-state index is 0.0387. The van der Waals surface area contributed by atoms with Gasteiger partial charge in [0.1, 0.15) is 0 Å². The van der Waals surface area contributed by atoms with Crippen molar-refractivity contribution in [3.05, 3.63) is 35.9 Å². The van der Waals surface area contributed by atoms with Gasteiger partial charge in [-0.2, -0.15) is 0 Å². The normalized spacial score (nSPS) is 22.0. The van der Waals surface area contributed by atoms with Gasteiger partial charge in [-0.1, -0.05) is 30.3 Å². The molecule has 2 N–H and O–H groups in total. The Morgan fingerprint density at radius 3 is 2.83 bits per heavy atom. The second-order valence-electron chi connectivity index (χ2n) is 4.64. The van der Waals surface area contributed by atoms with Crippen LogP contribution in [0.3, 0.4) is 0 Å². The number of hydrogen-bond donors (Lipinski definition) is 2. The van der Waals surface area contributed by atoms with Gasteiger partial charge in [0.25, 0.3) is 0 Å². The summed E-state index contributed by atoms with van der Waals surface area (Å²) in [4.78, 5) is 14.2. The van der Waals surface area contributed by atoms with Crippen LogP contribution in [0.2, 0.25) is 0 Å². The maximum Gasteiger partial charge on any atom is 0.240 e.